The van der Waals surface area contributed by atoms with Crippen LogP contribution in [0.25, 0.3) is 45.1 Å². The Kier molecular flexibility index (Phi) is 8.36. The maximum absolute atomic E-state index is 4.62. The van der Waals surface area contributed by atoms with Gasteiger partial charge in [-0.3, -0.25) is 0 Å². The maximum atomic E-state index is 4.62. The summed E-state index contributed by atoms with van der Waals surface area (Å²) < 4.78 is 0. The topological polar surface area (TPSA) is 0 Å². The number of hydrogen-bond donors (Lipinski definition) is 0. The second-order valence-electron chi connectivity index (χ2n) is 14.7. The van der Waals surface area contributed by atoms with Crippen LogP contribution >= 0.6 is 0 Å². The summed E-state index contributed by atoms with van der Waals surface area (Å²) in [6, 6.07) is 69.1. The zero-order chi connectivity index (χ0) is 36.8. The van der Waals surface area contributed by atoms with Gasteiger partial charge in [0.1, 0.15) is 0 Å². The van der Waals surface area contributed by atoms with Crippen molar-refractivity contribution >= 4 is 40.5 Å². The highest BCUT2D eigenvalue weighted by Gasteiger charge is 2.46. The lowest BCUT2D eigenvalue weighted by Crippen LogP contribution is -2.49. The van der Waals surface area contributed by atoms with Crippen LogP contribution in [0.15, 0.2) is 200 Å². The van der Waals surface area contributed by atoms with Crippen molar-refractivity contribution in [2.75, 3.05) is 0 Å². The van der Waals surface area contributed by atoms with E-state index in [1.54, 1.807) is 0 Å². The summed E-state index contributed by atoms with van der Waals surface area (Å²) >= 11 is 0. The van der Waals surface area contributed by atoms with Crippen molar-refractivity contribution in [2.24, 2.45) is 0 Å². The Morgan fingerprint density at radius 1 is 0.556 bits per heavy atom. The third-order valence-electron chi connectivity index (χ3n) is 11.5. The van der Waals surface area contributed by atoms with Crippen LogP contribution < -0.4 is 21.4 Å². The molecule has 0 saturated carbocycles. The maximum Gasteiger partial charge on any atom is 0.243 e. The SMILES string of the molecule is C=C(C)/C(B(c1cccc(-c2cccc3c2-c2ccccc2C3(c2ccccc2)c2ccccc2)c1)c1c(C)ccc2ccccc12)=c1/ccccc1=C. The Hall–Kier alpha value is -6.44. The Labute approximate surface area is 319 Å². The van der Waals surface area contributed by atoms with Gasteiger partial charge in [-0.2, -0.15) is 0 Å². The van der Waals surface area contributed by atoms with Crippen LogP contribution in [0, 0.1) is 6.92 Å². The third kappa shape index (κ3) is 5.23. The minimum Gasteiger partial charge on any atom is -0.0966 e. The number of hydrogen-bond acceptors (Lipinski definition) is 0. The molecule has 0 heterocycles. The standard InChI is InChI=1S/C53H41B/c1-36(2)51(44-27-13-11-19-37(44)3)54(52-38(4)33-34-39-20-12-14-28-46(39)52)43-26-17-21-40(35-43)45-30-18-32-49-50(45)47-29-15-16-31-48(47)53(49,41-22-7-5-8-23-41)42-24-9-6-10-25-42/h5-35H,1,3H2,2,4H3/b51-44+. The number of benzene rings is 8. The molecular weight excluding hydrogens is 647 g/mol. The first-order valence-corrected chi connectivity index (χ1v) is 18.9. The first-order valence-electron chi connectivity index (χ1n) is 18.9. The molecule has 0 saturated heterocycles. The molecule has 0 aliphatic heterocycles. The molecule has 256 valence electrons. The molecule has 0 N–H and O–H groups in total. The minimum atomic E-state index is -0.455. The number of aryl methyl sites for hydroxylation is 1. The Morgan fingerprint density at radius 3 is 1.91 bits per heavy atom. The van der Waals surface area contributed by atoms with Crippen molar-refractivity contribution < 1.29 is 0 Å². The van der Waals surface area contributed by atoms with E-state index in [-0.39, 0.29) is 6.71 Å². The van der Waals surface area contributed by atoms with E-state index in [1.807, 2.05) is 0 Å². The van der Waals surface area contributed by atoms with Gasteiger partial charge in [-0.25, -0.2) is 0 Å². The monoisotopic (exact) mass is 688 g/mol. The smallest absolute Gasteiger partial charge is 0.0966 e. The van der Waals surface area contributed by atoms with Crippen molar-refractivity contribution in [3.63, 3.8) is 0 Å². The summed E-state index contributed by atoms with van der Waals surface area (Å²) in [5.74, 6) is 0. The predicted octanol–water partition coefficient (Wildman–Crippen LogP) is 10.2. The molecule has 0 aromatic heterocycles. The molecule has 9 rings (SSSR count). The summed E-state index contributed by atoms with van der Waals surface area (Å²) in [4.78, 5) is 0. The van der Waals surface area contributed by atoms with E-state index in [1.165, 1.54) is 77.2 Å². The van der Waals surface area contributed by atoms with E-state index >= 15 is 0 Å². The van der Waals surface area contributed by atoms with Gasteiger partial charge in [-0.05, 0) is 79.6 Å². The zero-order valence-corrected chi connectivity index (χ0v) is 30.9. The second-order valence-corrected chi connectivity index (χ2v) is 14.7. The third-order valence-corrected chi connectivity index (χ3v) is 11.5. The lowest BCUT2D eigenvalue weighted by Gasteiger charge is -2.34. The van der Waals surface area contributed by atoms with E-state index in [0.717, 1.165) is 16.0 Å². The van der Waals surface area contributed by atoms with Gasteiger partial charge >= 0.3 is 0 Å². The summed E-state index contributed by atoms with van der Waals surface area (Å²) in [7, 11) is 0. The molecule has 1 aliphatic rings. The highest BCUT2D eigenvalue weighted by Crippen LogP contribution is 2.58. The number of fused-ring (bicyclic) bond motifs is 4. The van der Waals surface area contributed by atoms with Crippen LogP contribution in [0.4, 0.5) is 0 Å². The van der Waals surface area contributed by atoms with Gasteiger partial charge in [0.05, 0.1) is 5.41 Å². The van der Waals surface area contributed by atoms with Gasteiger partial charge in [0.15, 0.2) is 0 Å². The van der Waals surface area contributed by atoms with Crippen LogP contribution in [0.5, 0.6) is 0 Å². The van der Waals surface area contributed by atoms with Gasteiger partial charge in [-0.1, -0.05) is 229 Å². The van der Waals surface area contributed by atoms with E-state index in [4.69, 9.17) is 0 Å². The van der Waals surface area contributed by atoms with Gasteiger partial charge < -0.3 is 0 Å². The molecule has 0 nitrogen and oxygen atoms in total. The fourth-order valence-corrected chi connectivity index (χ4v) is 9.30. The lowest BCUT2D eigenvalue weighted by atomic mass is 9.33. The van der Waals surface area contributed by atoms with Gasteiger partial charge in [0.2, 0.25) is 6.71 Å². The van der Waals surface area contributed by atoms with Crippen molar-refractivity contribution in [2.45, 2.75) is 19.3 Å². The van der Waals surface area contributed by atoms with E-state index in [9.17, 15) is 0 Å². The Morgan fingerprint density at radius 2 is 1.17 bits per heavy atom. The fraction of sp³-hybridized carbons (Fsp3) is 0.0566. The molecule has 0 unspecified atom stereocenters. The fourth-order valence-electron chi connectivity index (χ4n) is 9.30. The van der Waals surface area contributed by atoms with E-state index < -0.39 is 5.41 Å². The number of allylic oxidation sites excluding steroid dienone is 1. The highest BCUT2D eigenvalue weighted by atomic mass is 14.5. The molecule has 0 atom stereocenters. The van der Waals surface area contributed by atoms with Crippen molar-refractivity contribution in [1.82, 2.24) is 0 Å². The van der Waals surface area contributed by atoms with Gasteiger partial charge in [0, 0.05) is 0 Å². The molecule has 0 fully saturated rings. The summed E-state index contributed by atoms with van der Waals surface area (Å²) in [6.45, 7) is 13.4. The predicted molar refractivity (Wildman–Crippen MR) is 232 cm³/mol. The second kappa shape index (κ2) is 13.5. The zero-order valence-electron chi connectivity index (χ0n) is 30.9. The molecule has 1 aliphatic carbocycles. The quantitative estimate of drug-likeness (QED) is 0.146. The molecule has 0 radical (unpaired) electrons. The van der Waals surface area contributed by atoms with Crippen molar-refractivity contribution in [1.29, 1.82) is 0 Å². The Bertz CT molecular complexity index is 2790. The van der Waals surface area contributed by atoms with Crippen LogP contribution in [-0.2, 0) is 5.41 Å². The minimum absolute atomic E-state index is 0.0757. The summed E-state index contributed by atoms with van der Waals surface area (Å²) in [5.41, 5.74) is 15.8. The highest BCUT2D eigenvalue weighted by molar-refractivity contribution is 7.01. The molecule has 1 heteroatoms. The van der Waals surface area contributed by atoms with Crippen molar-refractivity contribution in [3.05, 3.63) is 238 Å². The lowest BCUT2D eigenvalue weighted by molar-refractivity contribution is 0.768. The number of rotatable bonds is 7. The van der Waals surface area contributed by atoms with Crippen LogP contribution in [0.2, 0.25) is 0 Å². The van der Waals surface area contributed by atoms with E-state index in [2.05, 4.69) is 215 Å². The van der Waals surface area contributed by atoms with Gasteiger partial charge in [0.25, 0.3) is 0 Å². The first kappa shape index (κ1) is 33.4. The van der Waals surface area contributed by atoms with Crippen LogP contribution in [-0.4, -0.2) is 6.71 Å². The van der Waals surface area contributed by atoms with Crippen LogP contribution in [0.1, 0.15) is 34.7 Å². The molecule has 8 aromatic rings. The summed E-state index contributed by atoms with van der Waals surface area (Å²) in [5, 5.41) is 4.64. The molecule has 54 heavy (non-hydrogen) atoms. The Balaban J connectivity index is 1.34. The van der Waals surface area contributed by atoms with Crippen molar-refractivity contribution in [3.8, 4) is 22.3 Å². The normalized spacial score (nSPS) is 13.2. The van der Waals surface area contributed by atoms with Gasteiger partial charge in [-0.15, -0.1) is 0 Å². The molecular formula is C53H41B. The van der Waals surface area contributed by atoms with Crippen LogP contribution in [0.3, 0.4) is 0 Å². The first-order chi connectivity index (χ1) is 26.5. The molecule has 0 bridgehead atoms. The molecule has 0 spiro atoms. The molecule has 0 amide bonds. The average Bonchev–Trinajstić information content (AvgIpc) is 3.52. The average molecular weight is 689 g/mol. The summed E-state index contributed by atoms with van der Waals surface area (Å²) in [6.07, 6.45) is 0. The largest absolute Gasteiger partial charge is 0.243 e. The molecule has 8 aromatic carbocycles. The van der Waals surface area contributed by atoms with E-state index in [0.29, 0.717) is 0 Å².